The fourth-order valence-electron chi connectivity index (χ4n) is 3.29. The molecule has 0 atom stereocenters. The summed E-state index contributed by atoms with van der Waals surface area (Å²) in [4.78, 5) is 12.7. The normalized spacial score (nSPS) is 14.5. The van der Waals surface area contributed by atoms with E-state index in [0.29, 0.717) is 37.5 Å². The molecule has 0 unspecified atom stereocenters. The van der Waals surface area contributed by atoms with Crippen molar-refractivity contribution in [1.82, 2.24) is 5.32 Å². The molecule has 0 bridgehead atoms. The summed E-state index contributed by atoms with van der Waals surface area (Å²) in [7, 11) is 0. The Morgan fingerprint density at radius 2 is 1.92 bits per heavy atom. The summed E-state index contributed by atoms with van der Waals surface area (Å²) in [5.41, 5.74) is 3.59. The molecule has 2 aliphatic rings. The third-order valence-corrected chi connectivity index (χ3v) is 4.49. The summed E-state index contributed by atoms with van der Waals surface area (Å²) < 4.78 is 24.2. The van der Waals surface area contributed by atoms with E-state index in [4.69, 9.17) is 9.47 Å². The van der Waals surface area contributed by atoms with Crippen molar-refractivity contribution in [2.24, 2.45) is 0 Å². The number of fused-ring (bicyclic) bond motifs is 2. The van der Waals surface area contributed by atoms with Crippen LogP contribution < -0.4 is 14.8 Å². The van der Waals surface area contributed by atoms with Crippen molar-refractivity contribution in [3.8, 4) is 11.5 Å². The maximum absolute atomic E-state index is 12.9. The average Bonchev–Trinajstić information content (AvgIpc) is 3.22. The number of carbonyl (C=O) groups is 1. The Morgan fingerprint density at radius 3 is 2.75 bits per heavy atom. The SMILES string of the molecule is O=C(NCCc1ccc(F)cc1)c1c2c(cc3c1OCC3)OCC2. The van der Waals surface area contributed by atoms with E-state index < -0.39 is 0 Å². The standard InChI is InChI=1S/C19H18FNO3/c20-14-3-1-12(2-4-14)5-8-21-19(22)17-15-7-10-23-16(15)11-13-6-9-24-18(13)17/h1-4,11H,5-10H2,(H,21,22). The van der Waals surface area contributed by atoms with Crippen molar-refractivity contribution in [1.29, 1.82) is 0 Å². The van der Waals surface area contributed by atoms with Crippen LogP contribution in [-0.2, 0) is 19.3 Å². The molecule has 2 aromatic rings. The van der Waals surface area contributed by atoms with Crippen molar-refractivity contribution in [3.05, 3.63) is 58.4 Å². The van der Waals surface area contributed by atoms with Gasteiger partial charge in [0.25, 0.3) is 5.91 Å². The minimum atomic E-state index is -0.254. The van der Waals surface area contributed by atoms with Gasteiger partial charge in [-0.1, -0.05) is 12.1 Å². The number of carbonyl (C=O) groups excluding carboxylic acids is 1. The van der Waals surface area contributed by atoms with Crippen molar-refractivity contribution in [2.75, 3.05) is 19.8 Å². The Morgan fingerprint density at radius 1 is 1.12 bits per heavy atom. The highest BCUT2D eigenvalue weighted by Crippen LogP contribution is 2.40. The summed E-state index contributed by atoms with van der Waals surface area (Å²) in [6.45, 7) is 1.70. The van der Waals surface area contributed by atoms with E-state index in [9.17, 15) is 9.18 Å². The van der Waals surface area contributed by atoms with Crippen molar-refractivity contribution in [3.63, 3.8) is 0 Å². The topological polar surface area (TPSA) is 47.6 Å². The van der Waals surface area contributed by atoms with Gasteiger partial charge in [0, 0.05) is 30.5 Å². The molecule has 0 spiro atoms. The summed E-state index contributed by atoms with van der Waals surface area (Å²) >= 11 is 0. The van der Waals surface area contributed by atoms with Gasteiger partial charge in [0.15, 0.2) is 0 Å². The average molecular weight is 327 g/mol. The number of ether oxygens (including phenoxy) is 2. The molecule has 1 amide bonds. The molecule has 0 saturated heterocycles. The summed E-state index contributed by atoms with van der Waals surface area (Å²) in [5.74, 6) is 1.13. The Hall–Kier alpha value is -2.56. The Kier molecular flexibility index (Phi) is 3.84. The van der Waals surface area contributed by atoms with Crippen LogP contribution in [0.5, 0.6) is 11.5 Å². The molecule has 0 fully saturated rings. The lowest BCUT2D eigenvalue weighted by molar-refractivity contribution is 0.0950. The zero-order chi connectivity index (χ0) is 16.5. The quantitative estimate of drug-likeness (QED) is 0.939. The van der Waals surface area contributed by atoms with E-state index in [1.807, 2.05) is 6.07 Å². The predicted octanol–water partition coefficient (Wildman–Crippen LogP) is 2.67. The van der Waals surface area contributed by atoms with Crippen LogP contribution in [0, 0.1) is 5.82 Å². The number of halogens is 1. The van der Waals surface area contributed by atoms with Gasteiger partial charge in [-0.15, -0.1) is 0 Å². The van der Waals surface area contributed by atoms with E-state index >= 15 is 0 Å². The van der Waals surface area contributed by atoms with Crippen LogP contribution in [0.4, 0.5) is 4.39 Å². The molecular weight excluding hydrogens is 309 g/mol. The molecule has 0 saturated carbocycles. The van der Waals surface area contributed by atoms with Crippen LogP contribution in [0.15, 0.2) is 30.3 Å². The fourth-order valence-corrected chi connectivity index (χ4v) is 3.29. The second kappa shape index (κ2) is 6.15. The summed E-state index contributed by atoms with van der Waals surface area (Å²) in [5, 5.41) is 2.95. The van der Waals surface area contributed by atoms with E-state index in [1.54, 1.807) is 12.1 Å². The predicted molar refractivity (Wildman–Crippen MR) is 87.3 cm³/mol. The first-order valence-electron chi connectivity index (χ1n) is 8.19. The Balaban J connectivity index is 1.50. The number of hydrogen-bond donors (Lipinski definition) is 1. The maximum atomic E-state index is 12.9. The number of hydrogen-bond acceptors (Lipinski definition) is 3. The zero-order valence-electron chi connectivity index (χ0n) is 13.2. The molecule has 4 rings (SSSR count). The molecule has 2 heterocycles. The van der Waals surface area contributed by atoms with Crippen LogP contribution in [0.25, 0.3) is 0 Å². The molecule has 2 aromatic carbocycles. The third kappa shape index (κ3) is 2.70. The van der Waals surface area contributed by atoms with Crippen LogP contribution >= 0.6 is 0 Å². The van der Waals surface area contributed by atoms with Gasteiger partial charge >= 0.3 is 0 Å². The van der Waals surface area contributed by atoms with Gasteiger partial charge in [-0.05, 0) is 30.2 Å². The van der Waals surface area contributed by atoms with Gasteiger partial charge in [0.05, 0.1) is 18.8 Å². The van der Waals surface area contributed by atoms with Crippen LogP contribution in [0.2, 0.25) is 0 Å². The van der Waals surface area contributed by atoms with Gasteiger partial charge in [-0.2, -0.15) is 0 Å². The lowest BCUT2D eigenvalue weighted by Crippen LogP contribution is -2.27. The van der Waals surface area contributed by atoms with Crippen molar-refractivity contribution >= 4 is 5.91 Å². The molecule has 4 nitrogen and oxygen atoms in total. The van der Waals surface area contributed by atoms with Crippen LogP contribution in [0.3, 0.4) is 0 Å². The molecule has 0 aliphatic carbocycles. The van der Waals surface area contributed by atoms with Crippen molar-refractivity contribution < 1.29 is 18.7 Å². The molecule has 1 N–H and O–H groups in total. The minimum absolute atomic E-state index is 0.127. The summed E-state index contributed by atoms with van der Waals surface area (Å²) in [6.07, 6.45) is 2.19. The van der Waals surface area contributed by atoms with Gasteiger partial charge < -0.3 is 14.8 Å². The van der Waals surface area contributed by atoms with E-state index in [2.05, 4.69) is 5.32 Å². The number of rotatable bonds is 4. The molecule has 124 valence electrons. The molecule has 2 aliphatic heterocycles. The number of benzene rings is 2. The number of nitrogens with one attached hydrogen (secondary N) is 1. The summed E-state index contributed by atoms with van der Waals surface area (Å²) in [6, 6.07) is 8.32. The first-order valence-corrected chi connectivity index (χ1v) is 8.19. The van der Waals surface area contributed by atoms with E-state index in [1.165, 1.54) is 12.1 Å². The third-order valence-electron chi connectivity index (χ3n) is 4.49. The molecule has 24 heavy (non-hydrogen) atoms. The van der Waals surface area contributed by atoms with Gasteiger partial charge in [0.2, 0.25) is 0 Å². The Labute approximate surface area is 139 Å². The minimum Gasteiger partial charge on any atom is -0.493 e. The largest absolute Gasteiger partial charge is 0.493 e. The molecule has 0 radical (unpaired) electrons. The van der Waals surface area contributed by atoms with Crippen LogP contribution in [0.1, 0.15) is 27.0 Å². The zero-order valence-corrected chi connectivity index (χ0v) is 13.2. The fraction of sp³-hybridized carbons (Fsp3) is 0.316. The van der Waals surface area contributed by atoms with Gasteiger partial charge in [-0.3, -0.25) is 4.79 Å². The smallest absolute Gasteiger partial charge is 0.255 e. The van der Waals surface area contributed by atoms with Gasteiger partial charge in [0.1, 0.15) is 17.3 Å². The highest BCUT2D eigenvalue weighted by atomic mass is 19.1. The monoisotopic (exact) mass is 327 g/mol. The highest BCUT2D eigenvalue weighted by Gasteiger charge is 2.29. The lowest BCUT2D eigenvalue weighted by Gasteiger charge is -2.13. The van der Waals surface area contributed by atoms with E-state index in [0.717, 1.165) is 35.3 Å². The Bertz CT molecular complexity index is 754. The first kappa shape index (κ1) is 15.0. The molecular formula is C19H18FNO3. The lowest BCUT2D eigenvalue weighted by atomic mass is 9.99. The number of amides is 1. The van der Waals surface area contributed by atoms with E-state index in [-0.39, 0.29) is 11.7 Å². The molecule has 5 heteroatoms. The maximum Gasteiger partial charge on any atom is 0.255 e. The molecule has 0 aromatic heterocycles. The van der Waals surface area contributed by atoms with Crippen molar-refractivity contribution in [2.45, 2.75) is 19.3 Å². The second-order valence-corrected chi connectivity index (χ2v) is 6.05. The second-order valence-electron chi connectivity index (χ2n) is 6.05. The highest BCUT2D eigenvalue weighted by molar-refractivity contribution is 6.00. The van der Waals surface area contributed by atoms with Gasteiger partial charge in [-0.25, -0.2) is 4.39 Å². The van der Waals surface area contributed by atoms with Crippen LogP contribution in [-0.4, -0.2) is 25.7 Å². The first-order chi connectivity index (χ1) is 11.7.